The number of hydrogen-bond donors (Lipinski definition) is 2. The fraction of sp³-hybridized carbons (Fsp3) is 0.632. The first-order valence-electron chi connectivity index (χ1n) is 9.07. The molecule has 0 aromatic heterocycles. The Labute approximate surface area is 167 Å². The van der Waals surface area contributed by atoms with Crippen LogP contribution in [0.15, 0.2) is 4.47 Å². The molecule has 0 aliphatic rings. The summed E-state index contributed by atoms with van der Waals surface area (Å²) in [6.45, 7) is 4.31. The second-order valence-electron chi connectivity index (χ2n) is 6.33. The molecule has 4 nitrogen and oxygen atoms in total. The van der Waals surface area contributed by atoms with E-state index in [1.54, 1.807) is 0 Å². The van der Waals surface area contributed by atoms with E-state index in [2.05, 4.69) is 49.9 Å². The Hall–Kier alpha value is -0.750. The summed E-state index contributed by atoms with van der Waals surface area (Å²) in [5, 5.41) is 20.5. The number of phenolic OH excluding ortho intramolecular Hbond substituents is 2. The van der Waals surface area contributed by atoms with Crippen molar-refractivity contribution in [2.45, 2.75) is 78.1 Å². The van der Waals surface area contributed by atoms with E-state index in [9.17, 15) is 15.0 Å². The third-order valence-electron chi connectivity index (χ3n) is 4.43. The minimum atomic E-state index is -0.680. The summed E-state index contributed by atoms with van der Waals surface area (Å²) in [7, 11) is 0. The lowest BCUT2D eigenvalue weighted by molar-refractivity contribution is 0.0776. The van der Waals surface area contributed by atoms with Crippen LogP contribution in [0.4, 0.5) is 0 Å². The number of halogens is 2. The summed E-state index contributed by atoms with van der Waals surface area (Å²) in [4.78, 5) is 12.2. The summed E-state index contributed by atoms with van der Waals surface area (Å²) in [6, 6.07) is 0. The van der Waals surface area contributed by atoms with Crippen LogP contribution >= 0.6 is 32.2 Å². The summed E-state index contributed by atoms with van der Waals surface area (Å²) < 4.78 is 5.15. The van der Waals surface area contributed by atoms with E-state index in [1.165, 1.54) is 0 Å². The van der Waals surface area contributed by atoms with Crippen LogP contribution in [0.3, 0.4) is 0 Å². The quantitative estimate of drug-likeness (QED) is 0.278. The maximum absolute atomic E-state index is 12.2. The van der Waals surface area contributed by atoms with Gasteiger partial charge in [0.15, 0.2) is 27.8 Å². The monoisotopic (exact) mass is 478 g/mol. The van der Waals surface area contributed by atoms with Crippen molar-refractivity contribution in [2.75, 3.05) is 0 Å². The average molecular weight is 480 g/mol. The van der Waals surface area contributed by atoms with Crippen molar-refractivity contribution in [1.82, 2.24) is 0 Å². The Kier molecular flexibility index (Phi) is 10.5. The highest BCUT2D eigenvalue weighted by Gasteiger charge is 2.27. The van der Waals surface area contributed by atoms with E-state index in [0.29, 0.717) is 10.9 Å². The van der Waals surface area contributed by atoms with Crippen molar-refractivity contribution < 1.29 is 18.8 Å². The van der Waals surface area contributed by atoms with E-state index in [-0.39, 0.29) is 11.3 Å². The van der Waals surface area contributed by atoms with E-state index in [0.717, 1.165) is 68.9 Å². The first kappa shape index (κ1) is 22.3. The summed E-state index contributed by atoms with van der Waals surface area (Å²) >= 11 is 6.10. The van der Waals surface area contributed by atoms with Gasteiger partial charge >= 0.3 is 5.97 Å². The van der Waals surface area contributed by atoms with Gasteiger partial charge in [-0.25, -0.2) is 4.79 Å². The molecule has 0 bridgehead atoms. The number of benzene rings is 1. The van der Waals surface area contributed by atoms with Crippen LogP contribution < -0.4 is 0 Å². The van der Waals surface area contributed by atoms with Crippen LogP contribution in [0.25, 0.3) is 0 Å². The van der Waals surface area contributed by atoms with Crippen LogP contribution in [0.1, 0.15) is 86.7 Å². The Bertz CT molecular complexity index is 573. The molecule has 0 saturated heterocycles. The molecule has 142 valence electrons. The number of hydrogen-bond acceptors (Lipinski definition) is 4. The normalized spacial score (nSPS) is 10.9. The zero-order valence-corrected chi connectivity index (χ0v) is 18.2. The average Bonchev–Trinajstić information content (AvgIpc) is 2.61. The molecule has 0 unspecified atom stereocenters. The maximum atomic E-state index is 12.2. The summed E-state index contributed by atoms with van der Waals surface area (Å²) in [5.41, 5.74) is 1.74. The van der Waals surface area contributed by atoms with E-state index in [1.807, 2.05) is 0 Å². The molecule has 1 aromatic carbocycles. The first-order chi connectivity index (χ1) is 12.0. The molecule has 1 aromatic rings. The topological polar surface area (TPSA) is 66.8 Å². The fourth-order valence-corrected chi connectivity index (χ4v) is 3.83. The number of rotatable bonds is 11. The molecule has 0 aliphatic carbocycles. The van der Waals surface area contributed by atoms with Gasteiger partial charge in [0.05, 0.1) is 4.47 Å². The molecule has 25 heavy (non-hydrogen) atoms. The lowest BCUT2D eigenvalue weighted by Gasteiger charge is -2.18. The second-order valence-corrected chi connectivity index (χ2v) is 7.45. The Morgan fingerprint density at radius 3 is 1.88 bits per heavy atom. The Morgan fingerprint density at radius 2 is 1.40 bits per heavy atom. The van der Waals surface area contributed by atoms with Crippen LogP contribution in [0.5, 0.6) is 11.5 Å². The molecule has 0 saturated carbocycles. The molecule has 0 radical (unpaired) electrons. The lowest BCUT2D eigenvalue weighted by atomic mass is 9.91. The van der Waals surface area contributed by atoms with Gasteiger partial charge in [-0.2, -0.15) is 0 Å². The molecule has 0 aliphatic heterocycles. The van der Waals surface area contributed by atoms with Crippen molar-refractivity contribution in [3.05, 3.63) is 21.2 Å². The van der Waals surface area contributed by atoms with Gasteiger partial charge in [0, 0.05) is 0 Å². The van der Waals surface area contributed by atoms with Gasteiger partial charge in [-0.15, -0.1) is 0 Å². The Balaban J connectivity index is 3.23. The zero-order valence-electron chi connectivity index (χ0n) is 15.0. The highest BCUT2D eigenvalue weighted by atomic mass is 79.9. The molecular weight excluding hydrogens is 452 g/mol. The third kappa shape index (κ3) is 6.17. The predicted octanol–water partition coefficient (Wildman–Crippen LogP) is 6.57. The number of carbonyl (C=O) groups is 1. The minimum absolute atomic E-state index is 0.0690. The third-order valence-corrected chi connectivity index (χ3v) is 5.58. The highest BCUT2D eigenvalue weighted by molar-refractivity contribution is 9.10. The second kappa shape index (κ2) is 11.8. The molecule has 0 atom stereocenters. The van der Waals surface area contributed by atoms with Gasteiger partial charge < -0.3 is 14.0 Å². The molecule has 2 N–H and O–H groups in total. The molecule has 0 fully saturated rings. The van der Waals surface area contributed by atoms with Crippen LogP contribution in [-0.2, 0) is 16.7 Å². The van der Waals surface area contributed by atoms with E-state index >= 15 is 0 Å². The first-order valence-corrected chi connectivity index (χ1v) is 10.5. The maximum Gasteiger partial charge on any atom is 0.353 e. The number of carbonyl (C=O) groups excluding carboxylic acids is 1. The smallest absolute Gasteiger partial charge is 0.353 e. The fourth-order valence-electron chi connectivity index (χ4n) is 3.04. The minimum Gasteiger partial charge on any atom is -0.504 e. The molecular formula is C19H28Br2O4. The number of phenols is 2. The molecule has 0 amide bonds. The Morgan fingerprint density at radius 1 is 0.880 bits per heavy atom. The van der Waals surface area contributed by atoms with Crippen LogP contribution in [0, 0.1) is 0 Å². The SMILES string of the molecule is CCCCCCc1c(Br)c(O)c(O)c(C(=O)OBr)c1CCCCCC. The highest BCUT2D eigenvalue weighted by Crippen LogP contribution is 2.43. The van der Waals surface area contributed by atoms with Gasteiger partial charge in [-0.05, 0) is 52.7 Å². The number of aromatic hydroxyl groups is 2. The van der Waals surface area contributed by atoms with Gasteiger partial charge in [0.2, 0.25) is 0 Å². The molecule has 0 heterocycles. The van der Waals surface area contributed by atoms with Crippen LogP contribution in [-0.4, -0.2) is 16.2 Å². The van der Waals surface area contributed by atoms with Gasteiger partial charge in [-0.1, -0.05) is 52.4 Å². The lowest BCUT2D eigenvalue weighted by Crippen LogP contribution is -2.09. The zero-order chi connectivity index (χ0) is 18.8. The van der Waals surface area contributed by atoms with Crippen molar-refractivity contribution in [3.8, 4) is 11.5 Å². The van der Waals surface area contributed by atoms with Gasteiger partial charge in [0.1, 0.15) is 5.56 Å². The standard InChI is InChI=1S/C19H28Br2O4/c1-3-5-7-9-11-13-14(12-10-8-6-4-2)16(20)18(23)17(22)15(13)19(24)25-21/h22-23H,3-12H2,1-2H3. The largest absolute Gasteiger partial charge is 0.504 e. The molecule has 6 heteroatoms. The van der Waals surface area contributed by atoms with Crippen LogP contribution in [0.2, 0.25) is 0 Å². The van der Waals surface area contributed by atoms with Gasteiger partial charge in [0.25, 0.3) is 0 Å². The van der Waals surface area contributed by atoms with Crippen molar-refractivity contribution in [3.63, 3.8) is 0 Å². The summed E-state index contributed by atoms with van der Waals surface area (Å²) in [5.74, 6) is -1.39. The van der Waals surface area contributed by atoms with Gasteiger partial charge in [-0.3, -0.25) is 0 Å². The predicted molar refractivity (Wildman–Crippen MR) is 108 cm³/mol. The van der Waals surface area contributed by atoms with E-state index < -0.39 is 11.7 Å². The molecule has 1 rings (SSSR count). The van der Waals surface area contributed by atoms with E-state index in [4.69, 9.17) is 0 Å². The van der Waals surface area contributed by atoms with Crippen molar-refractivity contribution in [2.24, 2.45) is 0 Å². The summed E-state index contributed by atoms with van der Waals surface area (Å²) in [6.07, 6.45) is 10.0. The van der Waals surface area contributed by atoms with Crippen molar-refractivity contribution >= 4 is 38.2 Å². The number of unbranched alkanes of at least 4 members (excludes halogenated alkanes) is 6. The molecule has 0 spiro atoms. The van der Waals surface area contributed by atoms with Crippen molar-refractivity contribution in [1.29, 1.82) is 0 Å².